The highest BCUT2D eigenvalue weighted by molar-refractivity contribution is 7.71. The van der Waals surface area contributed by atoms with E-state index in [-0.39, 0.29) is 5.75 Å². The number of aromatic hydroxyl groups is 1. The molecule has 0 aliphatic carbocycles. The van der Waals surface area contributed by atoms with E-state index in [2.05, 4.69) is 20.6 Å². The van der Waals surface area contributed by atoms with Gasteiger partial charge in [-0.3, -0.25) is 0 Å². The topological polar surface area (TPSA) is 73.0 Å². The van der Waals surface area contributed by atoms with E-state index < -0.39 is 0 Å². The third-order valence-corrected chi connectivity index (χ3v) is 3.55. The first kappa shape index (κ1) is 13.1. The van der Waals surface area contributed by atoms with Crippen LogP contribution in [0.25, 0.3) is 0 Å². The SMILES string of the molecule is Oc1ccc(Nc2nc(=S)[nH]c3c2CCNCC3)cc1. The minimum absolute atomic E-state index is 0.247. The third-order valence-electron chi connectivity index (χ3n) is 3.35. The predicted molar refractivity (Wildman–Crippen MR) is 81.1 cm³/mol. The van der Waals surface area contributed by atoms with Crippen molar-refractivity contribution in [2.45, 2.75) is 12.8 Å². The molecule has 20 heavy (non-hydrogen) atoms. The summed E-state index contributed by atoms with van der Waals surface area (Å²) in [4.78, 5) is 7.59. The number of phenolic OH excluding ortho intramolecular Hbond substituents is 1. The molecule has 1 aliphatic rings. The van der Waals surface area contributed by atoms with Crippen LogP contribution in [0.2, 0.25) is 0 Å². The second-order valence-electron chi connectivity index (χ2n) is 4.77. The van der Waals surface area contributed by atoms with Gasteiger partial charge in [0.2, 0.25) is 0 Å². The molecule has 3 rings (SSSR count). The molecule has 5 nitrogen and oxygen atoms in total. The lowest BCUT2D eigenvalue weighted by Crippen LogP contribution is -2.16. The molecule has 104 valence electrons. The van der Waals surface area contributed by atoms with E-state index >= 15 is 0 Å². The first-order chi connectivity index (χ1) is 9.72. The number of phenols is 1. The van der Waals surface area contributed by atoms with E-state index in [0.29, 0.717) is 4.77 Å². The van der Waals surface area contributed by atoms with Gasteiger partial charge in [0, 0.05) is 29.9 Å². The Kier molecular flexibility index (Phi) is 3.66. The number of nitrogens with one attached hydrogen (secondary N) is 3. The Labute approximate surface area is 122 Å². The van der Waals surface area contributed by atoms with Crippen LogP contribution in [0.3, 0.4) is 0 Å². The molecule has 2 heterocycles. The van der Waals surface area contributed by atoms with Crippen LogP contribution >= 0.6 is 12.2 Å². The van der Waals surface area contributed by atoms with Gasteiger partial charge >= 0.3 is 0 Å². The molecule has 0 unspecified atom stereocenters. The number of H-pyrrole nitrogens is 1. The van der Waals surface area contributed by atoms with Crippen molar-refractivity contribution in [1.82, 2.24) is 15.3 Å². The van der Waals surface area contributed by atoms with Crippen molar-refractivity contribution in [3.05, 3.63) is 40.3 Å². The van der Waals surface area contributed by atoms with Crippen molar-refractivity contribution in [3.8, 4) is 5.75 Å². The first-order valence-corrected chi connectivity index (χ1v) is 7.02. The van der Waals surface area contributed by atoms with E-state index in [1.54, 1.807) is 12.1 Å². The van der Waals surface area contributed by atoms with Gasteiger partial charge in [-0.15, -0.1) is 0 Å². The number of aromatic amines is 1. The van der Waals surface area contributed by atoms with Crippen molar-refractivity contribution in [2.75, 3.05) is 18.4 Å². The summed E-state index contributed by atoms with van der Waals surface area (Å²) in [5, 5.41) is 16.0. The summed E-state index contributed by atoms with van der Waals surface area (Å²) >= 11 is 5.20. The fourth-order valence-electron chi connectivity index (χ4n) is 2.36. The van der Waals surface area contributed by atoms with Crippen LogP contribution in [-0.4, -0.2) is 28.2 Å². The first-order valence-electron chi connectivity index (χ1n) is 6.61. The maximum atomic E-state index is 9.32. The molecule has 0 spiro atoms. The number of fused-ring (bicyclic) bond motifs is 1. The monoisotopic (exact) mass is 288 g/mol. The zero-order chi connectivity index (χ0) is 13.9. The minimum atomic E-state index is 0.247. The zero-order valence-electron chi connectivity index (χ0n) is 10.9. The molecule has 0 radical (unpaired) electrons. The molecule has 4 N–H and O–H groups in total. The van der Waals surface area contributed by atoms with Crippen LogP contribution < -0.4 is 10.6 Å². The summed E-state index contributed by atoms with van der Waals surface area (Å²) < 4.78 is 0.493. The standard InChI is InChI=1S/C14H16N4OS/c19-10-3-1-9(2-4-10)16-13-11-5-7-15-8-6-12(11)17-14(20)18-13/h1-4,15,19H,5-8H2,(H2,16,17,18,20). The lowest BCUT2D eigenvalue weighted by molar-refractivity contribution is 0.475. The van der Waals surface area contributed by atoms with Crippen LogP contribution in [0.1, 0.15) is 11.3 Å². The van der Waals surface area contributed by atoms with E-state index in [4.69, 9.17) is 12.2 Å². The van der Waals surface area contributed by atoms with Gasteiger partial charge in [0.15, 0.2) is 4.77 Å². The number of benzene rings is 1. The highest BCUT2D eigenvalue weighted by Gasteiger charge is 2.14. The number of nitrogens with zero attached hydrogens (tertiary/aromatic N) is 1. The van der Waals surface area contributed by atoms with Crippen molar-refractivity contribution < 1.29 is 5.11 Å². The average molecular weight is 288 g/mol. The lowest BCUT2D eigenvalue weighted by atomic mass is 10.1. The molecule has 1 aromatic heterocycles. The highest BCUT2D eigenvalue weighted by atomic mass is 32.1. The Morgan fingerprint density at radius 3 is 2.70 bits per heavy atom. The number of aromatic nitrogens is 2. The second-order valence-corrected chi connectivity index (χ2v) is 5.16. The van der Waals surface area contributed by atoms with Crippen molar-refractivity contribution in [1.29, 1.82) is 0 Å². The number of hydrogen-bond donors (Lipinski definition) is 4. The number of rotatable bonds is 2. The minimum Gasteiger partial charge on any atom is -0.508 e. The van der Waals surface area contributed by atoms with Gasteiger partial charge in [-0.2, -0.15) is 0 Å². The Morgan fingerprint density at radius 1 is 1.15 bits per heavy atom. The molecular weight excluding hydrogens is 272 g/mol. The summed E-state index contributed by atoms with van der Waals surface area (Å²) in [7, 11) is 0. The van der Waals surface area contributed by atoms with Gasteiger partial charge in [0.1, 0.15) is 11.6 Å². The molecular formula is C14H16N4OS. The second kappa shape index (κ2) is 5.60. The van der Waals surface area contributed by atoms with Gasteiger partial charge in [0.25, 0.3) is 0 Å². The number of anilines is 2. The van der Waals surface area contributed by atoms with Crippen molar-refractivity contribution >= 4 is 23.7 Å². The molecule has 6 heteroatoms. The highest BCUT2D eigenvalue weighted by Crippen LogP contribution is 2.23. The largest absolute Gasteiger partial charge is 0.508 e. The lowest BCUT2D eigenvalue weighted by Gasteiger charge is -2.13. The van der Waals surface area contributed by atoms with Crippen LogP contribution in [0.4, 0.5) is 11.5 Å². The van der Waals surface area contributed by atoms with E-state index in [0.717, 1.165) is 43.1 Å². The summed E-state index contributed by atoms with van der Waals surface area (Å²) in [6.45, 7) is 1.88. The summed E-state index contributed by atoms with van der Waals surface area (Å²) in [5.74, 6) is 1.05. The molecule has 1 aliphatic heterocycles. The van der Waals surface area contributed by atoms with Crippen LogP contribution in [-0.2, 0) is 12.8 Å². The summed E-state index contributed by atoms with van der Waals surface area (Å²) in [6.07, 6.45) is 1.83. The van der Waals surface area contributed by atoms with Gasteiger partial charge in [0.05, 0.1) is 0 Å². The smallest absolute Gasteiger partial charge is 0.198 e. The molecule has 0 bridgehead atoms. The predicted octanol–water partition coefficient (Wildman–Crippen LogP) is 2.28. The molecule has 0 saturated carbocycles. The van der Waals surface area contributed by atoms with Crippen LogP contribution in [0.15, 0.2) is 24.3 Å². The normalized spacial score (nSPS) is 14.4. The summed E-state index contributed by atoms with van der Waals surface area (Å²) in [6, 6.07) is 6.93. The molecule has 2 aromatic rings. The van der Waals surface area contributed by atoms with Gasteiger partial charge < -0.3 is 20.7 Å². The van der Waals surface area contributed by atoms with E-state index in [1.165, 1.54) is 5.56 Å². The Bertz CT molecular complexity index is 666. The van der Waals surface area contributed by atoms with E-state index in [9.17, 15) is 5.11 Å². The molecule has 0 amide bonds. The third kappa shape index (κ3) is 2.81. The fraction of sp³-hybridized carbons (Fsp3) is 0.286. The van der Waals surface area contributed by atoms with Gasteiger partial charge in [-0.1, -0.05) is 0 Å². The van der Waals surface area contributed by atoms with Gasteiger partial charge in [-0.05, 0) is 49.4 Å². The maximum absolute atomic E-state index is 9.32. The van der Waals surface area contributed by atoms with E-state index in [1.807, 2.05) is 12.1 Å². The summed E-state index contributed by atoms with van der Waals surface area (Å²) in [5.41, 5.74) is 3.21. The Morgan fingerprint density at radius 2 is 1.90 bits per heavy atom. The maximum Gasteiger partial charge on any atom is 0.198 e. The van der Waals surface area contributed by atoms with Crippen molar-refractivity contribution in [3.63, 3.8) is 0 Å². The van der Waals surface area contributed by atoms with Crippen molar-refractivity contribution in [2.24, 2.45) is 0 Å². The Hall–Kier alpha value is -1.92. The molecule has 0 atom stereocenters. The molecule has 0 fully saturated rings. The average Bonchev–Trinajstić information content (AvgIpc) is 2.66. The fourth-order valence-corrected chi connectivity index (χ4v) is 2.58. The van der Waals surface area contributed by atoms with Gasteiger partial charge in [-0.25, -0.2) is 4.98 Å². The zero-order valence-corrected chi connectivity index (χ0v) is 11.8. The van der Waals surface area contributed by atoms with Crippen LogP contribution in [0.5, 0.6) is 5.75 Å². The Balaban J connectivity index is 1.98. The molecule has 0 saturated heterocycles. The molecule has 1 aromatic carbocycles. The quantitative estimate of drug-likeness (QED) is 0.504. The van der Waals surface area contributed by atoms with Crippen LogP contribution in [0, 0.1) is 4.77 Å². The number of hydrogen-bond acceptors (Lipinski definition) is 5.